The van der Waals surface area contributed by atoms with Crippen molar-refractivity contribution in [1.82, 2.24) is 0 Å². The molecule has 0 amide bonds. The van der Waals surface area contributed by atoms with Crippen LogP contribution >= 0.6 is 0 Å². The highest BCUT2D eigenvalue weighted by molar-refractivity contribution is 7.90. The minimum absolute atomic E-state index is 0.355. The van der Waals surface area contributed by atoms with Crippen molar-refractivity contribution in [3.63, 3.8) is 0 Å². The first-order chi connectivity index (χ1) is 7.46. The van der Waals surface area contributed by atoms with Gasteiger partial charge in [-0.05, 0) is 12.1 Å². The summed E-state index contributed by atoms with van der Waals surface area (Å²) in [5, 5.41) is 0. The van der Waals surface area contributed by atoms with Crippen LogP contribution in [0.5, 0.6) is 0 Å². The van der Waals surface area contributed by atoms with Gasteiger partial charge in [0, 0.05) is 27.0 Å². The minimum atomic E-state index is -3.19. The third kappa shape index (κ3) is 3.21. The lowest BCUT2D eigenvalue weighted by Crippen LogP contribution is -2.23. The Morgan fingerprint density at radius 3 is 2.50 bits per heavy atom. The molecule has 0 aliphatic carbocycles. The second kappa shape index (κ2) is 5.32. The summed E-state index contributed by atoms with van der Waals surface area (Å²) in [4.78, 5) is 2.23. The standard InChI is InChI=1S/C11H17NO3S/c1-12(8-9-15-2)10-6-4-5-7-11(10)16(3,13)14/h4-7H,8-9H2,1-3H3. The van der Waals surface area contributed by atoms with E-state index in [9.17, 15) is 8.42 Å². The quantitative estimate of drug-likeness (QED) is 0.779. The summed E-state index contributed by atoms with van der Waals surface area (Å²) in [6.45, 7) is 1.22. The van der Waals surface area contributed by atoms with Crippen molar-refractivity contribution in [3.8, 4) is 0 Å². The smallest absolute Gasteiger partial charge is 0.177 e. The average molecular weight is 243 g/mol. The molecule has 0 aliphatic rings. The van der Waals surface area contributed by atoms with Crippen LogP contribution < -0.4 is 4.90 Å². The van der Waals surface area contributed by atoms with E-state index in [0.29, 0.717) is 23.7 Å². The number of ether oxygens (including phenoxy) is 1. The predicted molar refractivity (Wildman–Crippen MR) is 64.7 cm³/mol. The first kappa shape index (κ1) is 13.0. The van der Waals surface area contributed by atoms with Crippen molar-refractivity contribution in [3.05, 3.63) is 24.3 Å². The third-order valence-corrected chi connectivity index (χ3v) is 3.45. The number of rotatable bonds is 5. The zero-order valence-corrected chi connectivity index (χ0v) is 10.6. The van der Waals surface area contributed by atoms with E-state index in [2.05, 4.69) is 0 Å². The molecule has 0 N–H and O–H groups in total. The Hall–Kier alpha value is -1.07. The fourth-order valence-corrected chi connectivity index (χ4v) is 2.36. The van der Waals surface area contributed by atoms with E-state index in [1.807, 2.05) is 18.0 Å². The maximum Gasteiger partial charge on any atom is 0.177 e. The van der Waals surface area contributed by atoms with Gasteiger partial charge in [0.25, 0.3) is 0 Å². The maximum absolute atomic E-state index is 11.6. The summed E-state index contributed by atoms with van der Waals surface area (Å²) in [5.41, 5.74) is 0.710. The minimum Gasteiger partial charge on any atom is -0.383 e. The van der Waals surface area contributed by atoms with E-state index in [-0.39, 0.29) is 0 Å². The number of sulfone groups is 1. The van der Waals surface area contributed by atoms with Crippen LogP contribution in [-0.2, 0) is 14.6 Å². The number of benzene rings is 1. The molecule has 0 bridgehead atoms. The van der Waals surface area contributed by atoms with E-state index < -0.39 is 9.84 Å². The van der Waals surface area contributed by atoms with E-state index in [0.717, 1.165) is 0 Å². The third-order valence-electron chi connectivity index (χ3n) is 2.31. The van der Waals surface area contributed by atoms with E-state index in [1.54, 1.807) is 25.3 Å². The highest BCUT2D eigenvalue weighted by Crippen LogP contribution is 2.23. The van der Waals surface area contributed by atoms with Gasteiger partial charge in [0.1, 0.15) is 0 Å². The molecule has 1 rings (SSSR count). The van der Waals surface area contributed by atoms with E-state index in [1.165, 1.54) is 6.26 Å². The molecule has 5 heteroatoms. The van der Waals surface area contributed by atoms with Gasteiger partial charge in [-0.3, -0.25) is 0 Å². The van der Waals surface area contributed by atoms with E-state index in [4.69, 9.17) is 4.74 Å². The van der Waals surface area contributed by atoms with Gasteiger partial charge in [-0.25, -0.2) is 8.42 Å². The van der Waals surface area contributed by atoms with Crippen molar-refractivity contribution in [2.45, 2.75) is 4.90 Å². The Labute approximate surface area is 96.8 Å². The second-order valence-corrected chi connectivity index (χ2v) is 5.64. The normalized spacial score (nSPS) is 11.4. The molecule has 16 heavy (non-hydrogen) atoms. The van der Waals surface area contributed by atoms with E-state index >= 15 is 0 Å². The number of para-hydroxylation sites is 1. The van der Waals surface area contributed by atoms with Gasteiger partial charge in [-0.2, -0.15) is 0 Å². The van der Waals surface area contributed by atoms with Crippen molar-refractivity contribution in [1.29, 1.82) is 0 Å². The Kier molecular flexibility index (Phi) is 4.32. The first-order valence-corrected chi connectivity index (χ1v) is 6.85. The Balaban J connectivity index is 3.04. The molecule has 0 unspecified atom stereocenters. The summed E-state index contributed by atoms with van der Waals surface area (Å²) >= 11 is 0. The Bertz CT molecular complexity index is 442. The molecular weight excluding hydrogens is 226 g/mol. The molecule has 4 nitrogen and oxygen atoms in total. The molecule has 0 saturated carbocycles. The van der Waals surface area contributed by atoms with Gasteiger partial charge in [0.2, 0.25) is 0 Å². The molecule has 1 aromatic rings. The van der Waals surface area contributed by atoms with Crippen LogP contribution in [0.4, 0.5) is 5.69 Å². The number of hydrogen-bond acceptors (Lipinski definition) is 4. The monoisotopic (exact) mass is 243 g/mol. The zero-order valence-electron chi connectivity index (χ0n) is 9.80. The molecule has 0 aliphatic heterocycles. The van der Waals surface area contributed by atoms with Crippen molar-refractivity contribution >= 4 is 15.5 Å². The van der Waals surface area contributed by atoms with Gasteiger partial charge in [0.15, 0.2) is 9.84 Å². The Morgan fingerprint density at radius 1 is 1.31 bits per heavy atom. The fourth-order valence-electron chi connectivity index (χ4n) is 1.43. The highest BCUT2D eigenvalue weighted by Gasteiger charge is 2.14. The van der Waals surface area contributed by atoms with Crippen LogP contribution in [0, 0.1) is 0 Å². The van der Waals surface area contributed by atoms with Gasteiger partial charge in [0.05, 0.1) is 17.2 Å². The molecule has 1 aromatic carbocycles. The SMILES string of the molecule is COCCN(C)c1ccccc1S(C)(=O)=O. The topological polar surface area (TPSA) is 46.6 Å². The summed E-state index contributed by atoms with van der Waals surface area (Å²) in [7, 11) is 0.286. The molecule has 0 radical (unpaired) electrons. The van der Waals surface area contributed by atoms with Crippen LogP contribution in [0.3, 0.4) is 0 Å². The summed E-state index contributed by atoms with van der Waals surface area (Å²) in [6.07, 6.45) is 1.22. The molecule has 0 atom stereocenters. The predicted octanol–water partition coefficient (Wildman–Crippen LogP) is 1.17. The van der Waals surface area contributed by atoms with Crippen LogP contribution in [-0.4, -0.2) is 42.0 Å². The number of likely N-dealkylation sites (N-methyl/N-ethyl adjacent to an activating group) is 1. The van der Waals surface area contributed by atoms with Crippen LogP contribution in [0.15, 0.2) is 29.2 Å². The molecule has 0 spiro atoms. The molecule has 0 aromatic heterocycles. The second-order valence-electron chi connectivity index (χ2n) is 3.65. The zero-order chi connectivity index (χ0) is 12.2. The molecule has 90 valence electrons. The van der Waals surface area contributed by atoms with Crippen LogP contribution in [0.1, 0.15) is 0 Å². The first-order valence-electron chi connectivity index (χ1n) is 4.96. The van der Waals surface area contributed by atoms with Crippen molar-refractivity contribution < 1.29 is 13.2 Å². The maximum atomic E-state index is 11.6. The van der Waals surface area contributed by atoms with Gasteiger partial charge in [-0.15, -0.1) is 0 Å². The van der Waals surface area contributed by atoms with Crippen LogP contribution in [0.25, 0.3) is 0 Å². The largest absolute Gasteiger partial charge is 0.383 e. The Morgan fingerprint density at radius 2 is 1.94 bits per heavy atom. The van der Waals surface area contributed by atoms with Gasteiger partial charge in [-0.1, -0.05) is 12.1 Å². The van der Waals surface area contributed by atoms with Crippen molar-refractivity contribution in [2.24, 2.45) is 0 Å². The molecule has 0 heterocycles. The summed E-state index contributed by atoms with van der Waals surface area (Å²) < 4.78 is 28.1. The summed E-state index contributed by atoms with van der Waals surface area (Å²) in [5.74, 6) is 0. The highest BCUT2D eigenvalue weighted by atomic mass is 32.2. The average Bonchev–Trinajstić information content (AvgIpc) is 2.24. The molecule has 0 saturated heterocycles. The lowest BCUT2D eigenvalue weighted by atomic mass is 10.3. The number of methoxy groups -OCH3 is 1. The van der Waals surface area contributed by atoms with Crippen molar-refractivity contribution in [2.75, 3.05) is 38.5 Å². The lowest BCUT2D eigenvalue weighted by molar-refractivity contribution is 0.206. The molecule has 0 fully saturated rings. The lowest BCUT2D eigenvalue weighted by Gasteiger charge is -2.21. The van der Waals surface area contributed by atoms with Gasteiger partial charge < -0.3 is 9.64 Å². The number of hydrogen-bond donors (Lipinski definition) is 0. The fraction of sp³-hybridized carbons (Fsp3) is 0.455. The van der Waals surface area contributed by atoms with Crippen LogP contribution in [0.2, 0.25) is 0 Å². The molecular formula is C11H17NO3S. The number of nitrogens with zero attached hydrogens (tertiary/aromatic N) is 1. The number of anilines is 1. The summed E-state index contributed by atoms with van der Waals surface area (Å²) in [6, 6.07) is 6.97. The van der Waals surface area contributed by atoms with Gasteiger partial charge >= 0.3 is 0 Å².